The molecule has 2 unspecified atom stereocenters. The van der Waals surface area contributed by atoms with Crippen LogP contribution in [0.4, 0.5) is 8.78 Å². The van der Waals surface area contributed by atoms with Crippen LogP contribution in [0.1, 0.15) is 11.7 Å². The molecular formula is C12H15F2NO3. The summed E-state index contributed by atoms with van der Waals surface area (Å²) in [6, 6.07) is 8.65. The van der Waals surface area contributed by atoms with Crippen LogP contribution in [0, 0.1) is 0 Å². The van der Waals surface area contributed by atoms with Gasteiger partial charge in [0, 0.05) is 13.7 Å². The molecule has 0 saturated heterocycles. The number of amides is 1. The zero-order chi connectivity index (χ0) is 13.5. The molecule has 2 N–H and O–H groups in total. The fraction of sp³-hybridized carbons (Fsp3) is 0.417. The lowest BCUT2D eigenvalue weighted by molar-refractivity contribution is -0.132. The second kappa shape index (κ2) is 7.03. The Morgan fingerprint density at radius 1 is 1.39 bits per heavy atom. The van der Waals surface area contributed by atoms with Gasteiger partial charge in [-0.3, -0.25) is 4.79 Å². The number of methoxy groups -OCH3 is 1. The molecular weight excluding hydrogens is 244 g/mol. The van der Waals surface area contributed by atoms with E-state index in [1.807, 2.05) is 0 Å². The molecule has 0 aromatic heterocycles. The molecule has 6 heteroatoms. The number of aliphatic hydroxyl groups is 1. The third-order valence-electron chi connectivity index (χ3n) is 2.35. The van der Waals surface area contributed by atoms with Crippen LogP contribution < -0.4 is 5.32 Å². The van der Waals surface area contributed by atoms with Crippen molar-refractivity contribution >= 4 is 5.91 Å². The number of aliphatic hydroxyl groups excluding tert-OH is 1. The standard InChI is InChI=1S/C12H15F2NO3/c1-18-10(8-5-3-2-4-6-8)12(17)15-7-9(16)11(13)14/h2-6,9-11,16H,7H2,1H3,(H,15,17). The third-order valence-corrected chi connectivity index (χ3v) is 2.35. The summed E-state index contributed by atoms with van der Waals surface area (Å²) >= 11 is 0. The average molecular weight is 259 g/mol. The predicted molar refractivity (Wildman–Crippen MR) is 61.2 cm³/mol. The molecule has 100 valence electrons. The molecule has 0 aliphatic rings. The minimum absolute atomic E-state index is 0.511. The van der Waals surface area contributed by atoms with Crippen molar-refractivity contribution in [3.63, 3.8) is 0 Å². The number of rotatable bonds is 6. The van der Waals surface area contributed by atoms with Crippen LogP contribution in [-0.2, 0) is 9.53 Å². The molecule has 0 fully saturated rings. The van der Waals surface area contributed by atoms with Crippen molar-refractivity contribution in [2.24, 2.45) is 0 Å². The first kappa shape index (κ1) is 14.5. The average Bonchev–Trinajstić information content (AvgIpc) is 2.38. The van der Waals surface area contributed by atoms with Crippen molar-refractivity contribution in [1.29, 1.82) is 0 Å². The van der Waals surface area contributed by atoms with Crippen LogP contribution in [0.3, 0.4) is 0 Å². The fourth-order valence-electron chi connectivity index (χ4n) is 1.41. The number of ether oxygens (including phenoxy) is 1. The van der Waals surface area contributed by atoms with Gasteiger partial charge >= 0.3 is 0 Å². The van der Waals surface area contributed by atoms with Gasteiger partial charge in [-0.2, -0.15) is 0 Å². The van der Waals surface area contributed by atoms with Gasteiger partial charge in [0.05, 0.1) is 0 Å². The van der Waals surface area contributed by atoms with Gasteiger partial charge in [0.2, 0.25) is 0 Å². The highest BCUT2D eigenvalue weighted by atomic mass is 19.3. The van der Waals surface area contributed by atoms with E-state index in [4.69, 9.17) is 9.84 Å². The number of alkyl halides is 2. The van der Waals surface area contributed by atoms with Crippen molar-refractivity contribution < 1.29 is 23.4 Å². The van der Waals surface area contributed by atoms with Crippen LogP contribution in [0.2, 0.25) is 0 Å². The van der Waals surface area contributed by atoms with Crippen LogP contribution >= 0.6 is 0 Å². The Morgan fingerprint density at radius 3 is 2.50 bits per heavy atom. The van der Waals surface area contributed by atoms with Crippen LogP contribution in [0.15, 0.2) is 30.3 Å². The first-order valence-electron chi connectivity index (χ1n) is 5.38. The lowest BCUT2D eigenvalue weighted by atomic mass is 10.1. The van der Waals surface area contributed by atoms with Gasteiger partial charge in [-0.1, -0.05) is 30.3 Å². The summed E-state index contributed by atoms with van der Waals surface area (Å²) in [4.78, 5) is 11.7. The predicted octanol–water partition coefficient (Wildman–Crippen LogP) is 1.12. The van der Waals surface area contributed by atoms with Crippen molar-refractivity contribution in [3.8, 4) is 0 Å². The molecule has 18 heavy (non-hydrogen) atoms. The molecule has 1 aromatic carbocycles. The Labute approximate surface area is 104 Å². The van der Waals surface area contributed by atoms with E-state index in [0.29, 0.717) is 5.56 Å². The first-order chi connectivity index (χ1) is 8.56. The highest BCUT2D eigenvalue weighted by Gasteiger charge is 2.22. The number of halogens is 2. The maximum Gasteiger partial charge on any atom is 0.265 e. The molecule has 0 heterocycles. The molecule has 1 rings (SSSR count). The molecule has 1 amide bonds. The summed E-state index contributed by atoms with van der Waals surface area (Å²) in [5.74, 6) is -0.566. The van der Waals surface area contributed by atoms with Gasteiger partial charge in [0.25, 0.3) is 12.3 Å². The minimum atomic E-state index is -2.89. The molecule has 0 aliphatic heterocycles. The molecule has 4 nitrogen and oxygen atoms in total. The summed E-state index contributed by atoms with van der Waals surface area (Å²) in [7, 11) is 1.35. The smallest absolute Gasteiger partial charge is 0.265 e. The summed E-state index contributed by atoms with van der Waals surface area (Å²) in [5, 5.41) is 11.1. The van der Waals surface area contributed by atoms with Gasteiger partial charge < -0.3 is 15.2 Å². The SMILES string of the molecule is COC(C(=O)NCC(O)C(F)F)c1ccccc1. The van der Waals surface area contributed by atoms with E-state index in [1.165, 1.54) is 7.11 Å². The number of hydrogen-bond acceptors (Lipinski definition) is 3. The van der Waals surface area contributed by atoms with Crippen molar-refractivity contribution in [3.05, 3.63) is 35.9 Å². The maximum absolute atomic E-state index is 12.1. The second-order valence-electron chi connectivity index (χ2n) is 3.67. The number of nitrogens with one attached hydrogen (secondary N) is 1. The highest BCUT2D eigenvalue weighted by Crippen LogP contribution is 2.16. The van der Waals surface area contributed by atoms with E-state index in [1.54, 1.807) is 30.3 Å². The number of carbonyl (C=O) groups excluding carboxylic acids is 1. The number of benzene rings is 1. The topological polar surface area (TPSA) is 58.6 Å². The zero-order valence-corrected chi connectivity index (χ0v) is 9.85. The quantitative estimate of drug-likeness (QED) is 0.804. The van der Waals surface area contributed by atoms with Gasteiger partial charge in [-0.15, -0.1) is 0 Å². The van der Waals surface area contributed by atoms with Gasteiger partial charge in [-0.25, -0.2) is 8.78 Å². The van der Waals surface area contributed by atoms with E-state index in [9.17, 15) is 13.6 Å². The Morgan fingerprint density at radius 2 is 2.00 bits per heavy atom. The Balaban J connectivity index is 2.59. The zero-order valence-electron chi connectivity index (χ0n) is 9.85. The monoisotopic (exact) mass is 259 g/mol. The number of hydrogen-bond donors (Lipinski definition) is 2. The van der Waals surface area contributed by atoms with E-state index in [0.717, 1.165) is 0 Å². The van der Waals surface area contributed by atoms with Gasteiger partial charge in [0.1, 0.15) is 6.10 Å². The number of carbonyl (C=O) groups is 1. The largest absolute Gasteiger partial charge is 0.385 e. The summed E-state index contributed by atoms with van der Waals surface area (Å²) in [6.45, 7) is -0.511. The van der Waals surface area contributed by atoms with Crippen LogP contribution in [0.25, 0.3) is 0 Å². The van der Waals surface area contributed by atoms with Crippen LogP contribution in [0.5, 0.6) is 0 Å². The van der Waals surface area contributed by atoms with E-state index < -0.39 is 31.1 Å². The molecule has 0 saturated carbocycles. The molecule has 0 aliphatic carbocycles. The van der Waals surface area contributed by atoms with E-state index in [2.05, 4.69) is 5.32 Å². The molecule has 1 aromatic rings. The Kier molecular flexibility index (Phi) is 5.67. The van der Waals surface area contributed by atoms with E-state index >= 15 is 0 Å². The molecule has 0 bridgehead atoms. The lowest BCUT2D eigenvalue weighted by Crippen LogP contribution is -2.38. The minimum Gasteiger partial charge on any atom is -0.385 e. The fourth-order valence-corrected chi connectivity index (χ4v) is 1.41. The first-order valence-corrected chi connectivity index (χ1v) is 5.38. The van der Waals surface area contributed by atoms with Gasteiger partial charge in [-0.05, 0) is 5.56 Å². The Hall–Kier alpha value is -1.53. The summed E-state index contributed by atoms with van der Waals surface area (Å²) < 4.78 is 29.1. The second-order valence-corrected chi connectivity index (χ2v) is 3.67. The van der Waals surface area contributed by atoms with Crippen LogP contribution in [-0.4, -0.2) is 37.2 Å². The third kappa shape index (κ3) is 4.05. The van der Waals surface area contributed by atoms with Crippen molar-refractivity contribution in [1.82, 2.24) is 5.32 Å². The Bertz CT molecular complexity index is 373. The van der Waals surface area contributed by atoms with Gasteiger partial charge in [0.15, 0.2) is 6.10 Å². The lowest BCUT2D eigenvalue weighted by Gasteiger charge is -2.17. The maximum atomic E-state index is 12.1. The highest BCUT2D eigenvalue weighted by molar-refractivity contribution is 5.82. The molecule has 2 atom stereocenters. The van der Waals surface area contributed by atoms with E-state index in [-0.39, 0.29) is 0 Å². The summed E-state index contributed by atoms with van der Waals surface area (Å²) in [5.41, 5.74) is 0.615. The molecule has 0 radical (unpaired) electrons. The summed E-state index contributed by atoms with van der Waals surface area (Å²) in [6.07, 6.45) is -5.64. The van der Waals surface area contributed by atoms with Crippen molar-refractivity contribution in [2.75, 3.05) is 13.7 Å². The van der Waals surface area contributed by atoms with Crippen molar-refractivity contribution in [2.45, 2.75) is 18.6 Å². The normalized spacial score (nSPS) is 14.3. The molecule has 0 spiro atoms.